The van der Waals surface area contributed by atoms with Gasteiger partial charge < -0.3 is 4.74 Å². The summed E-state index contributed by atoms with van der Waals surface area (Å²) < 4.78 is 5.79. The second-order valence-electron chi connectivity index (χ2n) is 6.22. The smallest absolute Gasteiger partial charge is 0.269 e. The van der Waals surface area contributed by atoms with Crippen molar-refractivity contribution in [2.24, 2.45) is 4.99 Å². The number of nitrogens with zero attached hydrogens (tertiary/aromatic N) is 2. The molecule has 1 aliphatic rings. The van der Waals surface area contributed by atoms with E-state index in [-0.39, 0.29) is 5.69 Å². The molecule has 26 heavy (non-hydrogen) atoms. The van der Waals surface area contributed by atoms with Crippen LogP contribution in [0.15, 0.2) is 53.5 Å². The first-order valence-corrected chi connectivity index (χ1v) is 8.90. The van der Waals surface area contributed by atoms with E-state index >= 15 is 0 Å². The molecule has 0 aromatic heterocycles. The van der Waals surface area contributed by atoms with Gasteiger partial charge >= 0.3 is 0 Å². The molecule has 1 aliphatic heterocycles. The molecule has 0 unspecified atom stereocenters. The largest absolute Gasteiger partial charge is 0.494 e. The van der Waals surface area contributed by atoms with Gasteiger partial charge in [-0.15, -0.1) is 0 Å². The van der Waals surface area contributed by atoms with Crippen LogP contribution in [-0.4, -0.2) is 23.8 Å². The highest BCUT2D eigenvalue weighted by molar-refractivity contribution is 6.12. The maximum Gasteiger partial charge on any atom is 0.269 e. The molecule has 0 bridgehead atoms. The lowest BCUT2D eigenvalue weighted by Crippen LogP contribution is -2.11. The number of aliphatic imine (C=N–C) groups is 1. The number of non-ortho nitro benzene ring substituents is 1. The molecule has 0 atom stereocenters. The number of unbranched alkanes of at least 4 members (excludes halogenated alkanes) is 1. The number of fused-ring (bicyclic) bond motifs is 1. The Morgan fingerprint density at radius 3 is 2.73 bits per heavy atom. The molecule has 0 radical (unpaired) electrons. The third-order valence-electron chi connectivity index (χ3n) is 4.32. The SMILES string of the molecule is CCCCOc1ccc2c(c1)CCN=C2C=Cc1ccc([N+](=O)[O-])cc1. The van der Waals surface area contributed by atoms with E-state index in [1.807, 2.05) is 18.2 Å². The lowest BCUT2D eigenvalue weighted by molar-refractivity contribution is -0.384. The van der Waals surface area contributed by atoms with Crippen molar-refractivity contribution in [1.82, 2.24) is 0 Å². The van der Waals surface area contributed by atoms with Gasteiger partial charge in [0.1, 0.15) is 5.75 Å². The van der Waals surface area contributed by atoms with E-state index in [9.17, 15) is 10.1 Å². The molecule has 2 aromatic rings. The molecule has 0 aliphatic carbocycles. The number of nitro groups is 1. The molecule has 2 aromatic carbocycles. The summed E-state index contributed by atoms with van der Waals surface area (Å²) in [7, 11) is 0. The molecule has 3 rings (SSSR count). The van der Waals surface area contributed by atoms with E-state index in [4.69, 9.17) is 4.74 Å². The van der Waals surface area contributed by atoms with Crippen molar-refractivity contribution in [3.05, 3.63) is 75.3 Å². The molecule has 5 nitrogen and oxygen atoms in total. The third kappa shape index (κ3) is 4.36. The van der Waals surface area contributed by atoms with Gasteiger partial charge in [-0.05, 0) is 60.4 Å². The van der Waals surface area contributed by atoms with Gasteiger partial charge in [-0.3, -0.25) is 15.1 Å². The Labute approximate surface area is 153 Å². The minimum Gasteiger partial charge on any atom is -0.494 e. The summed E-state index contributed by atoms with van der Waals surface area (Å²) in [5, 5.41) is 10.7. The summed E-state index contributed by atoms with van der Waals surface area (Å²) in [6.07, 6.45) is 6.99. The average Bonchev–Trinajstić information content (AvgIpc) is 2.66. The van der Waals surface area contributed by atoms with Crippen molar-refractivity contribution in [3.63, 3.8) is 0 Å². The zero-order valence-corrected chi connectivity index (χ0v) is 14.9. The molecule has 0 N–H and O–H groups in total. The second-order valence-corrected chi connectivity index (χ2v) is 6.22. The standard InChI is InChI=1S/C21H22N2O3/c1-2-3-14-26-19-9-10-20-17(15-19)12-13-22-21(20)11-6-16-4-7-18(8-5-16)23(24)25/h4-11,15H,2-3,12-14H2,1H3. The third-order valence-corrected chi connectivity index (χ3v) is 4.32. The Morgan fingerprint density at radius 2 is 2.00 bits per heavy atom. The number of hydrogen-bond donors (Lipinski definition) is 0. The fraction of sp³-hybridized carbons (Fsp3) is 0.286. The fourth-order valence-electron chi connectivity index (χ4n) is 2.86. The van der Waals surface area contributed by atoms with Crippen molar-refractivity contribution in [2.75, 3.05) is 13.2 Å². The van der Waals surface area contributed by atoms with Crippen LogP contribution in [0.5, 0.6) is 5.75 Å². The lowest BCUT2D eigenvalue weighted by atomic mass is 9.96. The normalized spacial score (nSPS) is 13.3. The van der Waals surface area contributed by atoms with Gasteiger partial charge in [0.25, 0.3) is 5.69 Å². The number of rotatable bonds is 7. The maximum atomic E-state index is 10.7. The first-order valence-electron chi connectivity index (χ1n) is 8.90. The Hall–Kier alpha value is -2.95. The van der Waals surface area contributed by atoms with Crippen LogP contribution in [0.1, 0.15) is 36.5 Å². The van der Waals surface area contributed by atoms with Crippen molar-refractivity contribution in [3.8, 4) is 5.75 Å². The summed E-state index contributed by atoms with van der Waals surface area (Å²) in [4.78, 5) is 14.9. The van der Waals surface area contributed by atoms with Gasteiger partial charge in [-0.1, -0.05) is 19.4 Å². The van der Waals surface area contributed by atoms with Crippen molar-refractivity contribution in [1.29, 1.82) is 0 Å². The molecule has 5 heteroatoms. The van der Waals surface area contributed by atoms with E-state index in [2.05, 4.69) is 24.0 Å². The van der Waals surface area contributed by atoms with E-state index in [1.165, 1.54) is 17.7 Å². The lowest BCUT2D eigenvalue weighted by Gasteiger charge is -2.16. The maximum absolute atomic E-state index is 10.7. The van der Waals surface area contributed by atoms with Crippen molar-refractivity contribution < 1.29 is 9.66 Å². The Morgan fingerprint density at radius 1 is 1.19 bits per heavy atom. The number of benzene rings is 2. The van der Waals surface area contributed by atoms with Gasteiger partial charge in [0, 0.05) is 24.2 Å². The summed E-state index contributed by atoms with van der Waals surface area (Å²) in [5.41, 5.74) is 4.31. The molecular weight excluding hydrogens is 328 g/mol. The van der Waals surface area contributed by atoms with Gasteiger partial charge in [0.15, 0.2) is 0 Å². The van der Waals surface area contributed by atoms with Gasteiger partial charge in [-0.25, -0.2) is 0 Å². The quantitative estimate of drug-likeness (QED) is 0.408. The summed E-state index contributed by atoms with van der Waals surface area (Å²) in [6.45, 7) is 3.65. The van der Waals surface area contributed by atoms with Crippen LogP contribution in [0, 0.1) is 10.1 Å². The molecule has 134 valence electrons. The van der Waals surface area contributed by atoms with E-state index < -0.39 is 4.92 Å². The summed E-state index contributed by atoms with van der Waals surface area (Å²) in [6, 6.07) is 12.7. The van der Waals surface area contributed by atoms with Crippen LogP contribution < -0.4 is 4.74 Å². The first kappa shape index (κ1) is 17.9. The zero-order chi connectivity index (χ0) is 18.4. The zero-order valence-electron chi connectivity index (χ0n) is 14.9. The second kappa shape index (κ2) is 8.43. The van der Waals surface area contributed by atoms with Crippen molar-refractivity contribution >= 4 is 17.5 Å². The van der Waals surface area contributed by atoms with Crippen LogP contribution in [0.2, 0.25) is 0 Å². The van der Waals surface area contributed by atoms with Crippen LogP contribution >= 0.6 is 0 Å². The molecule has 0 spiro atoms. The minimum absolute atomic E-state index is 0.0955. The molecule has 0 fully saturated rings. The Bertz CT molecular complexity index is 839. The van der Waals surface area contributed by atoms with E-state index in [0.29, 0.717) is 0 Å². The number of ether oxygens (including phenoxy) is 1. The number of hydrogen-bond acceptors (Lipinski definition) is 4. The van der Waals surface area contributed by atoms with Crippen LogP contribution in [0.4, 0.5) is 5.69 Å². The fourth-order valence-corrected chi connectivity index (χ4v) is 2.86. The first-order chi connectivity index (χ1) is 12.7. The van der Waals surface area contributed by atoms with Crippen LogP contribution in [0.25, 0.3) is 6.08 Å². The average molecular weight is 350 g/mol. The molecule has 0 saturated carbocycles. The van der Waals surface area contributed by atoms with Gasteiger partial charge in [0.2, 0.25) is 0 Å². The number of nitro benzene ring substituents is 1. The minimum atomic E-state index is -0.394. The highest BCUT2D eigenvalue weighted by atomic mass is 16.6. The molecule has 0 saturated heterocycles. The molecule has 1 heterocycles. The number of allylic oxidation sites excluding steroid dienone is 1. The van der Waals surface area contributed by atoms with Gasteiger partial charge in [0.05, 0.1) is 17.2 Å². The molecular formula is C21H22N2O3. The van der Waals surface area contributed by atoms with Crippen LogP contribution in [-0.2, 0) is 6.42 Å². The predicted octanol–water partition coefficient (Wildman–Crippen LogP) is 4.83. The highest BCUT2D eigenvalue weighted by Crippen LogP contribution is 2.23. The Balaban J connectivity index is 1.74. The van der Waals surface area contributed by atoms with E-state index in [0.717, 1.165) is 55.0 Å². The molecule has 0 amide bonds. The Kier molecular flexibility index (Phi) is 5.79. The van der Waals surface area contributed by atoms with Crippen molar-refractivity contribution in [2.45, 2.75) is 26.2 Å². The van der Waals surface area contributed by atoms with E-state index in [1.54, 1.807) is 12.1 Å². The van der Waals surface area contributed by atoms with Gasteiger partial charge in [-0.2, -0.15) is 0 Å². The predicted molar refractivity (Wildman–Crippen MR) is 104 cm³/mol. The highest BCUT2D eigenvalue weighted by Gasteiger charge is 2.13. The monoisotopic (exact) mass is 350 g/mol. The van der Waals surface area contributed by atoms with Crippen LogP contribution in [0.3, 0.4) is 0 Å². The topological polar surface area (TPSA) is 64.7 Å². The summed E-state index contributed by atoms with van der Waals surface area (Å²) >= 11 is 0. The summed E-state index contributed by atoms with van der Waals surface area (Å²) in [5.74, 6) is 0.915.